The number of phenols is 1. The SMILES string of the molecule is [2H]C([2H])([2H])c1cc(-n2c(-c3ccccc3O)nc3c(-c4cc(-c5ccccc5)cc(-c5cc(-c6ccc(C(C([2H])([2H])[2H])(C([2H])([2H])[2H])C([2H])([2H])[2H])cc6)ccn5)c4)cccc32)ccc1-c1ccccc1. The number of hydrogen-bond donors (Lipinski definition) is 1. The van der Waals surface area contributed by atoms with Gasteiger partial charge in [0.15, 0.2) is 0 Å². The van der Waals surface area contributed by atoms with Crippen molar-refractivity contribution in [3.8, 4) is 78.6 Å². The molecule has 0 saturated carbocycles. The molecule has 1 N–H and O–H groups in total. The maximum Gasteiger partial charge on any atom is 0.149 e. The summed E-state index contributed by atoms with van der Waals surface area (Å²) in [6.07, 6.45) is 1.63. The first-order valence-electron chi connectivity index (χ1n) is 24.5. The highest BCUT2D eigenvalue weighted by molar-refractivity contribution is 5.97. The molecule has 0 amide bonds. The number of aryl methyl sites for hydroxylation is 1. The van der Waals surface area contributed by atoms with Crippen LogP contribution in [0.5, 0.6) is 5.75 Å². The average Bonchev–Trinajstić information content (AvgIpc) is 3.70. The van der Waals surface area contributed by atoms with E-state index < -0.39 is 32.8 Å². The van der Waals surface area contributed by atoms with Crippen LogP contribution in [0.25, 0.3) is 83.9 Å². The summed E-state index contributed by atoms with van der Waals surface area (Å²) in [5.41, 5.74) is 6.09. The lowest BCUT2D eigenvalue weighted by atomic mass is 9.86. The Labute approximate surface area is 351 Å². The van der Waals surface area contributed by atoms with Gasteiger partial charge in [-0.3, -0.25) is 9.55 Å². The van der Waals surface area contributed by atoms with Crippen molar-refractivity contribution in [1.82, 2.24) is 14.5 Å². The molecule has 0 aliphatic heterocycles. The molecule has 276 valence electrons. The van der Waals surface area contributed by atoms with Crippen molar-refractivity contribution in [3.63, 3.8) is 0 Å². The van der Waals surface area contributed by atoms with E-state index in [1.165, 1.54) is 24.3 Å². The van der Waals surface area contributed by atoms with E-state index in [4.69, 9.17) is 26.4 Å². The molecular formula is C53H43N3O. The lowest BCUT2D eigenvalue weighted by Crippen LogP contribution is -2.10. The molecule has 0 radical (unpaired) electrons. The maximum atomic E-state index is 11.3. The highest BCUT2D eigenvalue weighted by Crippen LogP contribution is 2.40. The molecule has 0 fully saturated rings. The number of benzene rings is 7. The minimum Gasteiger partial charge on any atom is -0.507 e. The molecule has 0 bridgehead atoms. The highest BCUT2D eigenvalue weighted by atomic mass is 16.3. The fraction of sp³-hybridized carbons (Fsp3) is 0.0943. The molecule has 0 aliphatic rings. The first-order chi connectivity index (χ1) is 32.7. The Morgan fingerprint density at radius 1 is 0.526 bits per heavy atom. The molecule has 4 nitrogen and oxygen atoms in total. The number of para-hydroxylation sites is 2. The van der Waals surface area contributed by atoms with E-state index in [2.05, 4.69) is 6.07 Å². The number of hydrogen-bond acceptors (Lipinski definition) is 3. The predicted molar refractivity (Wildman–Crippen MR) is 237 cm³/mol. The van der Waals surface area contributed by atoms with E-state index in [0.717, 1.165) is 33.4 Å². The van der Waals surface area contributed by atoms with Crippen LogP contribution in [0.2, 0.25) is 0 Å². The van der Waals surface area contributed by atoms with Crippen molar-refractivity contribution in [3.05, 3.63) is 193 Å². The Kier molecular flexibility index (Phi) is 6.25. The summed E-state index contributed by atoms with van der Waals surface area (Å²) in [5, 5.41) is 11.3. The zero-order valence-electron chi connectivity index (χ0n) is 42.6. The molecule has 2 aromatic heterocycles. The van der Waals surface area contributed by atoms with Crippen LogP contribution >= 0.6 is 0 Å². The molecule has 4 heteroatoms. The topological polar surface area (TPSA) is 50.9 Å². The van der Waals surface area contributed by atoms with Gasteiger partial charge in [0.05, 0.1) is 22.3 Å². The van der Waals surface area contributed by atoms with Gasteiger partial charge in [-0.1, -0.05) is 136 Å². The Morgan fingerprint density at radius 3 is 1.96 bits per heavy atom. The molecule has 9 rings (SSSR count). The third-order valence-corrected chi connectivity index (χ3v) is 10.2. The molecule has 2 heterocycles. The van der Waals surface area contributed by atoms with Crippen LogP contribution in [0.3, 0.4) is 0 Å². The van der Waals surface area contributed by atoms with Crippen LogP contribution < -0.4 is 0 Å². The summed E-state index contributed by atoms with van der Waals surface area (Å²) in [4.78, 5) is 10.0. The van der Waals surface area contributed by atoms with Gasteiger partial charge in [0.25, 0.3) is 0 Å². The van der Waals surface area contributed by atoms with Crippen LogP contribution in [-0.4, -0.2) is 19.6 Å². The third-order valence-electron chi connectivity index (χ3n) is 10.2. The van der Waals surface area contributed by atoms with Crippen LogP contribution in [0.1, 0.15) is 48.1 Å². The lowest BCUT2D eigenvalue weighted by molar-refractivity contribution is 0.477. The standard InChI is InChI=1S/C53H43N3O/c1-35-30-44(26-27-45(35)38-16-9-6-10-17-38)56-49-20-13-19-46(51(49)55-52(56)47-18-11-12-21-50(47)57)41-31-40(36-14-7-5-8-15-36)32-42(33-41)48-34-39(28-29-54-48)37-22-24-43(25-23-37)53(2,3)4/h5-34,57H,1-4H3/i1D3,2D3,3D3,4D3. The van der Waals surface area contributed by atoms with Crippen molar-refractivity contribution in [2.75, 3.05) is 0 Å². The quantitative estimate of drug-likeness (QED) is 0.176. The second-order valence-corrected chi connectivity index (χ2v) is 14.0. The van der Waals surface area contributed by atoms with E-state index in [1.54, 1.807) is 48.7 Å². The number of rotatable bonds is 7. The number of fused-ring (bicyclic) bond motifs is 1. The number of phenolic OH excluding ortho intramolecular Hbond substituents is 1. The second-order valence-electron chi connectivity index (χ2n) is 14.0. The third kappa shape index (κ3) is 6.91. The normalized spacial score (nSPS) is 15.6. The van der Waals surface area contributed by atoms with E-state index in [0.29, 0.717) is 50.5 Å². The molecule has 0 spiro atoms. The van der Waals surface area contributed by atoms with Gasteiger partial charge in [0, 0.05) is 39.5 Å². The summed E-state index contributed by atoms with van der Waals surface area (Å²) in [5.74, 6) is 0.390. The van der Waals surface area contributed by atoms with Crippen molar-refractivity contribution < 1.29 is 21.6 Å². The molecule has 0 unspecified atom stereocenters. The van der Waals surface area contributed by atoms with Gasteiger partial charge in [-0.25, -0.2) is 4.98 Å². The summed E-state index contributed by atoms with van der Waals surface area (Å²) >= 11 is 0. The Morgan fingerprint density at radius 2 is 1.21 bits per heavy atom. The Balaban J connectivity index is 1.21. The number of imidazole rings is 1. The predicted octanol–water partition coefficient (Wildman–Crippen LogP) is 13.7. The zero-order valence-corrected chi connectivity index (χ0v) is 30.6. The monoisotopic (exact) mass is 749 g/mol. The van der Waals surface area contributed by atoms with E-state index >= 15 is 0 Å². The van der Waals surface area contributed by atoms with Crippen LogP contribution in [0.4, 0.5) is 0 Å². The molecule has 7 aromatic carbocycles. The summed E-state index contributed by atoms with van der Waals surface area (Å²) in [6, 6.07) is 52.4. The molecule has 57 heavy (non-hydrogen) atoms. The van der Waals surface area contributed by atoms with E-state index in [9.17, 15) is 5.11 Å². The number of pyridine rings is 1. The average molecular weight is 750 g/mol. The van der Waals surface area contributed by atoms with Crippen LogP contribution in [0, 0.1) is 6.85 Å². The van der Waals surface area contributed by atoms with Gasteiger partial charge < -0.3 is 5.11 Å². The van der Waals surface area contributed by atoms with Gasteiger partial charge in [-0.2, -0.15) is 0 Å². The lowest BCUT2D eigenvalue weighted by Gasteiger charge is -2.19. The molecule has 9 aromatic rings. The highest BCUT2D eigenvalue weighted by Gasteiger charge is 2.21. The first-order valence-corrected chi connectivity index (χ1v) is 18.5. The smallest absolute Gasteiger partial charge is 0.149 e. The summed E-state index contributed by atoms with van der Waals surface area (Å²) in [6.45, 7) is -12.6. The maximum absolute atomic E-state index is 11.3. The molecule has 0 atom stereocenters. The molecule has 0 aliphatic carbocycles. The first kappa shape index (κ1) is 24.5. The van der Waals surface area contributed by atoms with Crippen molar-refractivity contribution in [1.29, 1.82) is 0 Å². The number of aromatic hydroxyl groups is 1. The minimum absolute atomic E-state index is 0.00679. The van der Waals surface area contributed by atoms with Gasteiger partial charge in [0.1, 0.15) is 11.6 Å². The Hall–Kier alpha value is -7.04. The number of nitrogens with zero attached hydrogens (tertiary/aromatic N) is 3. The van der Waals surface area contributed by atoms with Crippen LogP contribution in [-0.2, 0) is 5.41 Å². The molecular weight excluding hydrogens is 695 g/mol. The fourth-order valence-corrected chi connectivity index (χ4v) is 7.39. The second kappa shape index (κ2) is 14.6. The van der Waals surface area contributed by atoms with Gasteiger partial charge in [-0.05, 0) is 123 Å². The minimum atomic E-state index is -3.39. The zero-order chi connectivity index (χ0) is 49.1. The van der Waals surface area contributed by atoms with Crippen molar-refractivity contribution in [2.24, 2.45) is 0 Å². The summed E-state index contributed by atoms with van der Waals surface area (Å²) in [7, 11) is 0. The largest absolute Gasteiger partial charge is 0.507 e. The van der Waals surface area contributed by atoms with E-state index in [1.807, 2.05) is 108 Å². The number of aromatic nitrogens is 3. The van der Waals surface area contributed by atoms with Gasteiger partial charge in [0.2, 0.25) is 0 Å². The molecule has 0 saturated heterocycles. The van der Waals surface area contributed by atoms with Crippen LogP contribution in [0.15, 0.2) is 182 Å². The Bertz CT molecular complexity index is 3300. The van der Waals surface area contributed by atoms with Crippen molar-refractivity contribution >= 4 is 11.0 Å². The summed E-state index contributed by atoms with van der Waals surface area (Å²) < 4.78 is 101. The van der Waals surface area contributed by atoms with Crippen molar-refractivity contribution in [2.45, 2.75) is 32.8 Å². The fourth-order valence-electron chi connectivity index (χ4n) is 7.39. The van der Waals surface area contributed by atoms with E-state index in [-0.39, 0.29) is 16.9 Å². The van der Waals surface area contributed by atoms with Gasteiger partial charge >= 0.3 is 0 Å². The van der Waals surface area contributed by atoms with Gasteiger partial charge in [-0.15, -0.1) is 0 Å².